The molecule has 1 saturated carbocycles. The molecule has 0 radical (unpaired) electrons. The van der Waals surface area contributed by atoms with Crippen LogP contribution in [0.25, 0.3) is 0 Å². The van der Waals surface area contributed by atoms with Gasteiger partial charge in [-0.2, -0.15) is 0 Å². The summed E-state index contributed by atoms with van der Waals surface area (Å²) in [5.74, 6) is -0.361. The van der Waals surface area contributed by atoms with E-state index in [1.54, 1.807) is 0 Å². The van der Waals surface area contributed by atoms with E-state index in [0.29, 0.717) is 24.9 Å². The molecule has 4 heteroatoms. The Hall–Kier alpha value is -0.870. The zero-order valence-electron chi connectivity index (χ0n) is 16.4. The maximum absolute atomic E-state index is 12.6. The number of allylic oxidation sites excluding steroid dienone is 1. The Kier molecular flexibility index (Phi) is 4.83. The minimum Gasteiger partial charge on any atom is -0.469 e. The summed E-state index contributed by atoms with van der Waals surface area (Å²) in [6, 6.07) is 0. The van der Waals surface area contributed by atoms with Gasteiger partial charge in [-0.3, -0.25) is 4.79 Å². The molecule has 142 valence electrons. The number of carbonyl (C=O) groups is 1. The standard InChI is InChI=1S/C21H34O4/c1-14(2)21(23)12-9-16-15(13-25-21)7-8-17-19(16,3)10-6-11-20(17,4)18(22)24-5/h7,14,16-17,23H,6,8-13H2,1-5H3/t16-,17+,19+,20+,21?/m0/s1. The predicted octanol–water partition coefficient (Wildman–Crippen LogP) is 4.07. The van der Waals surface area contributed by atoms with Crippen molar-refractivity contribution in [3.63, 3.8) is 0 Å². The van der Waals surface area contributed by atoms with Gasteiger partial charge in [-0.25, -0.2) is 0 Å². The van der Waals surface area contributed by atoms with E-state index >= 15 is 0 Å². The molecule has 3 aliphatic rings. The average Bonchev–Trinajstić information content (AvgIpc) is 2.75. The van der Waals surface area contributed by atoms with Crippen LogP contribution >= 0.6 is 0 Å². The molecule has 1 aliphatic heterocycles. The first-order valence-corrected chi connectivity index (χ1v) is 9.81. The number of fused-ring (bicyclic) bond motifs is 3. The van der Waals surface area contributed by atoms with Gasteiger partial charge in [0.05, 0.1) is 19.1 Å². The van der Waals surface area contributed by atoms with Crippen LogP contribution in [0, 0.1) is 28.6 Å². The summed E-state index contributed by atoms with van der Waals surface area (Å²) in [4.78, 5) is 12.6. The Bertz CT molecular complexity index is 568. The van der Waals surface area contributed by atoms with Crippen molar-refractivity contribution in [1.29, 1.82) is 0 Å². The largest absolute Gasteiger partial charge is 0.469 e. The molecule has 0 aromatic carbocycles. The van der Waals surface area contributed by atoms with Gasteiger partial charge in [-0.1, -0.05) is 33.3 Å². The molecule has 0 spiro atoms. The zero-order chi connectivity index (χ0) is 18.5. The molecule has 2 aliphatic carbocycles. The third kappa shape index (κ3) is 2.86. The summed E-state index contributed by atoms with van der Waals surface area (Å²) in [6.07, 6.45) is 7.86. The molecule has 5 atom stereocenters. The Morgan fingerprint density at radius 3 is 2.68 bits per heavy atom. The number of methoxy groups -OCH3 is 1. The monoisotopic (exact) mass is 350 g/mol. The third-order valence-corrected chi connectivity index (χ3v) is 7.67. The van der Waals surface area contributed by atoms with Crippen molar-refractivity contribution in [3.05, 3.63) is 11.6 Å². The van der Waals surface area contributed by atoms with Gasteiger partial charge >= 0.3 is 5.97 Å². The molecular weight excluding hydrogens is 316 g/mol. The van der Waals surface area contributed by atoms with Crippen molar-refractivity contribution in [3.8, 4) is 0 Å². The van der Waals surface area contributed by atoms with E-state index in [2.05, 4.69) is 19.9 Å². The molecule has 0 bridgehead atoms. The van der Waals surface area contributed by atoms with E-state index < -0.39 is 11.2 Å². The van der Waals surface area contributed by atoms with Gasteiger partial charge < -0.3 is 14.6 Å². The van der Waals surface area contributed by atoms with Crippen LogP contribution in [0.15, 0.2) is 11.6 Å². The van der Waals surface area contributed by atoms with Crippen LogP contribution in [-0.4, -0.2) is 30.6 Å². The fourth-order valence-electron chi connectivity index (χ4n) is 5.93. The van der Waals surface area contributed by atoms with E-state index in [1.165, 1.54) is 12.7 Å². The van der Waals surface area contributed by atoms with Crippen molar-refractivity contribution in [2.45, 2.75) is 72.0 Å². The minimum atomic E-state index is -1.04. The lowest BCUT2D eigenvalue weighted by Gasteiger charge is -2.56. The van der Waals surface area contributed by atoms with Crippen LogP contribution in [0.5, 0.6) is 0 Å². The quantitative estimate of drug-likeness (QED) is 0.602. The predicted molar refractivity (Wildman–Crippen MR) is 96.7 cm³/mol. The first-order chi connectivity index (χ1) is 11.7. The molecule has 1 N–H and O–H groups in total. The van der Waals surface area contributed by atoms with Gasteiger partial charge in [-0.15, -0.1) is 0 Å². The number of ether oxygens (including phenoxy) is 2. The number of aliphatic hydroxyl groups is 1. The Labute approximate surface area is 152 Å². The fraction of sp³-hybridized carbons (Fsp3) is 0.857. The summed E-state index contributed by atoms with van der Waals surface area (Å²) in [5, 5.41) is 10.9. The highest BCUT2D eigenvalue weighted by atomic mass is 16.6. The highest BCUT2D eigenvalue weighted by molar-refractivity contribution is 5.77. The van der Waals surface area contributed by atoms with Gasteiger partial charge in [0.1, 0.15) is 0 Å². The number of esters is 1. The van der Waals surface area contributed by atoms with Crippen molar-refractivity contribution in [1.82, 2.24) is 0 Å². The lowest BCUT2D eigenvalue weighted by atomic mass is 9.47. The SMILES string of the molecule is COC(=O)[C@]1(C)CCC[C@@]2(C)[C@H]1CC=C1COC(O)(C(C)C)CC[C@@H]12. The van der Waals surface area contributed by atoms with Crippen molar-refractivity contribution < 1.29 is 19.4 Å². The molecule has 0 aromatic rings. The molecule has 0 amide bonds. The third-order valence-electron chi connectivity index (χ3n) is 7.67. The second-order valence-corrected chi connectivity index (χ2v) is 9.22. The van der Waals surface area contributed by atoms with Crippen LogP contribution < -0.4 is 0 Å². The van der Waals surface area contributed by atoms with Crippen LogP contribution in [0.2, 0.25) is 0 Å². The highest BCUT2D eigenvalue weighted by Crippen LogP contribution is 2.61. The van der Waals surface area contributed by atoms with Crippen molar-refractivity contribution in [2.24, 2.45) is 28.6 Å². The number of hydrogen-bond acceptors (Lipinski definition) is 4. The summed E-state index contributed by atoms with van der Waals surface area (Å²) >= 11 is 0. The van der Waals surface area contributed by atoms with Gasteiger partial charge in [0.15, 0.2) is 5.79 Å². The van der Waals surface area contributed by atoms with Crippen LogP contribution in [0.1, 0.15) is 66.2 Å². The molecule has 25 heavy (non-hydrogen) atoms. The molecule has 0 aromatic heterocycles. The lowest BCUT2D eigenvalue weighted by molar-refractivity contribution is -0.225. The first-order valence-electron chi connectivity index (χ1n) is 9.81. The fourth-order valence-corrected chi connectivity index (χ4v) is 5.93. The topological polar surface area (TPSA) is 55.8 Å². The molecule has 4 nitrogen and oxygen atoms in total. The van der Waals surface area contributed by atoms with E-state index in [1.807, 2.05) is 13.8 Å². The van der Waals surface area contributed by atoms with E-state index in [-0.39, 0.29) is 17.3 Å². The molecule has 2 fully saturated rings. The average molecular weight is 350 g/mol. The molecule has 1 heterocycles. The van der Waals surface area contributed by atoms with E-state index in [0.717, 1.165) is 32.1 Å². The molecule has 1 saturated heterocycles. The second-order valence-electron chi connectivity index (χ2n) is 9.22. The minimum absolute atomic E-state index is 0.0659. The van der Waals surface area contributed by atoms with Gasteiger partial charge in [0, 0.05) is 12.3 Å². The highest BCUT2D eigenvalue weighted by Gasteiger charge is 2.58. The van der Waals surface area contributed by atoms with Crippen molar-refractivity contribution >= 4 is 5.97 Å². The van der Waals surface area contributed by atoms with Crippen LogP contribution in [-0.2, 0) is 14.3 Å². The smallest absolute Gasteiger partial charge is 0.311 e. The van der Waals surface area contributed by atoms with Crippen LogP contribution in [0.3, 0.4) is 0 Å². The second kappa shape index (κ2) is 6.38. The Morgan fingerprint density at radius 2 is 2.04 bits per heavy atom. The summed E-state index contributed by atoms with van der Waals surface area (Å²) < 4.78 is 11.1. The normalized spacial score (nSPS) is 44.4. The Morgan fingerprint density at radius 1 is 1.32 bits per heavy atom. The Balaban J connectivity index is 1.94. The van der Waals surface area contributed by atoms with Gasteiger partial charge in [0.25, 0.3) is 0 Å². The molecule has 3 rings (SSSR count). The van der Waals surface area contributed by atoms with Gasteiger partial charge in [0.2, 0.25) is 0 Å². The first kappa shape index (κ1) is 18.9. The van der Waals surface area contributed by atoms with Gasteiger partial charge in [-0.05, 0) is 55.4 Å². The lowest BCUT2D eigenvalue weighted by Crippen LogP contribution is -2.53. The number of hydrogen-bond donors (Lipinski definition) is 1. The van der Waals surface area contributed by atoms with E-state index in [4.69, 9.17) is 9.47 Å². The van der Waals surface area contributed by atoms with E-state index in [9.17, 15) is 9.90 Å². The molecular formula is C21H34O4. The maximum Gasteiger partial charge on any atom is 0.311 e. The summed E-state index contributed by atoms with van der Waals surface area (Å²) in [5.41, 5.74) is 0.978. The number of rotatable bonds is 2. The summed E-state index contributed by atoms with van der Waals surface area (Å²) in [7, 11) is 1.51. The number of carbonyl (C=O) groups excluding carboxylic acids is 1. The summed E-state index contributed by atoms with van der Waals surface area (Å²) in [6.45, 7) is 9.00. The molecule has 1 unspecified atom stereocenters. The van der Waals surface area contributed by atoms with Crippen LogP contribution in [0.4, 0.5) is 0 Å². The van der Waals surface area contributed by atoms with Crippen molar-refractivity contribution in [2.75, 3.05) is 13.7 Å². The maximum atomic E-state index is 12.6. The zero-order valence-corrected chi connectivity index (χ0v) is 16.4.